The van der Waals surface area contributed by atoms with E-state index in [2.05, 4.69) is 10.2 Å². The van der Waals surface area contributed by atoms with E-state index >= 15 is 0 Å². The van der Waals surface area contributed by atoms with Gasteiger partial charge in [0.2, 0.25) is 0 Å². The van der Waals surface area contributed by atoms with Crippen molar-refractivity contribution in [2.45, 2.75) is 6.04 Å². The number of halogens is 3. The molecule has 0 amide bonds. The Hall–Kier alpha value is -0.390. The van der Waals surface area contributed by atoms with E-state index in [4.69, 9.17) is 11.6 Å². The SMILES string of the molecule is Cl.OC[C@H](c1ccc(F)cc1Cl)N1CCNCC1. The molecular weight excluding hydrogens is 278 g/mol. The molecular formula is C12H17Cl2FN2O. The zero-order valence-corrected chi connectivity index (χ0v) is 11.5. The van der Waals surface area contributed by atoms with Gasteiger partial charge in [-0.3, -0.25) is 4.90 Å². The van der Waals surface area contributed by atoms with E-state index in [9.17, 15) is 9.50 Å². The van der Waals surface area contributed by atoms with Crippen LogP contribution in [0.15, 0.2) is 18.2 Å². The maximum Gasteiger partial charge on any atom is 0.124 e. The van der Waals surface area contributed by atoms with Gasteiger partial charge >= 0.3 is 0 Å². The number of nitrogens with one attached hydrogen (secondary N) is 1. The Kier molecular flexibility index (Phi) is 6.32. The molecule has 6 heteroatoms. The number of aliphatic hydroxyl groups is 1. The van der Waals surface area contributed by atoms with Crippen LogP contribution in [0.25, 0.3) is 0 Å². The number of hydrogen-bond donors (Lipinski definition) is 2. The molecule has 0 saturated carbocycles. The van der Waals surface area contributed by atoms with Crippen LogP contribution >= 0.6 is 24.0 Å². The summed E-state index contributed by atoms with van der Waals surface area (Å²) in [5.41, 5.74) is 0.789. The summed E-state index contributed by atoms with van der Waals surface area (Å²) in [4.78, 5) is 2.16. The number of hydrogen-bond acceptors (Lipinski definition) is 3. The van der Waals surface area contributed by atoms with Crippen molar-refractivity contribution in [3.05, 3.63) is 34.6 Å². The van der Waals surface area contributed by atoms with Crippen LogP contribution in [0.5, 0.6) is 0 Å². The molecule has 1 aliphatic heterocycles. The zero-order chi connectivity index (χ0) is 12.3. The van der Waals surface area contributed by atoms with Gasteiger partial charge in [0.15, 0.2) is 0 Å². The van der Waals surface area contributed by atoms with E-state index in [1.165, 1.54) is 12.1 Å². The second kappa shape index (κ2) is 7.26. The lowest BCUT2D eigenvalue weighted by molar-refractivity contribution is 0.111. The fourth-order valence-electron chi connectivity index (χ4n) is 2.18. The molecule has 1 aromatic rings. The third kappa shape index (κ3) is 3.56. The molecule has 1 aromatic carbocycles. The Labute approximate surface area is 117 Å². The van der Waals surface area contributed by atoms with Crippen molar-refractivity contribution < 1.29 is 9.50 Å². The molecule has 1 fully saturated rings. The second-order valence-electron chi connectivity index (χ2n) is 4.15. The molecule has 0 aromatic heterocycles. The molecule has 0 unspecified atom stereocenters. The Bertz CT molecular complexity index is 386. The van der Waals surface area contributed by atoms with Crippen molar-refractivity contribution in [3.8, 4) is 0 Å². The van der Waals surface area contributed by atoms with Crippen molar-refractivity contribution in [1.82, 2.24) is 10.2 Å². The topological polar surface area (TPSA) is 35.5 Å². The van der Waals surface area contributed by atoms with Gasteiger partial charge < -0.3 is 10.4 Å². The Balaban J connectivity index is 0.00000162. The quantitative estimate of drug-likeness (QED) is 0.893. The molecule has 1 atom stereocenters. The highest BCUT2D eigenvalue weighted by atomic mass is 35.5. The third-order valence-electron chi connectivity index (χ3n) is 3.09. The van der Waals surface area contributed by atoms with Gasteiger partial charge in [-0.25, -0.2) is 4.39 Å². The first-order valence-corrected chi connectivity index (χ1v) is 6.10. The van der Waals surface area contributed by atoms with Crippen LogP contribution in [-0.4, -0.2) is 42.8 Å². The summed E-state index contributed by atoms with van der Waals surface area (Å²) in [5, 5.41) is 13.1. The van der Waals surface area contributed by atoms with Crippen LogP contribution < -0.4 is 5.32 Å². The third-order valence-corrected chi connectivity index (χ3v) is 3.41. The van der Waals surface area contributed by atoms with Crippen molar-refractivity contribution in [3.63, 3.8) is 0 Å². The fourth-order valence-corrected chi connectivity index (χ4v) is 2.47. The molecule has 0 radical (unpaired) electrons. The number of piperazine rings is 1. The molecule has 1 heterocycles. The summed E-state index contributed by atoms with van der Waals surface area (Å²) >= 11 is 6.03. The average Bonchev–Trinajstić information content (AvgIpc) is 2.34. The number of aliphatic hydroxyl groups excluding tert-OH is 1. The van der Waals surface area contributed by atoms with E-state index in [0.29, 0.717) is 5.02 Å². The van der Waals surface area contributed by atoms with Crippen molar-refractivity contribution >= 4 is 24.0 Å². The molecule has 0 aliphatic carbocycles. The first kappa shape index (κ1) is 15.7. The first-order chi connectivity index (χ1) is 8.22. The molecule has 18 heavy (non-hydrogen) atoms. The predicted octanol–water partition coefficient (Wildman–Crippen LogP) is 1.84. The van der Waals surface area contributed by atoms with Gasteiger partial charge in [-0.05, 0) is 17.7 Å². The van der Waals surface area contributed by atoms with Crippen LogP contribution in [0.2, 0.25) is 5.02 Å². The van der Waals surface area contributed by atoms with Gasteiger partial charge in [0, 0.05) is 31.2 Å². The molecule has 2 N–H and O–H groups in total. The Morgan fingerprint density at radius 1 is 1.39 bits per heavy atom. The van der Waals surface area contributed by atoms with Crippen LogP contribution in [0.1, 0.15) is 11.6 Å². The van der Waals surface area contributed by atoms with Gasteiger partial charge in [0.25, 0.3) is 0 Å². The van der Waals surface area contributed by atoms with E-state index in [1.54, 1.807) is 6.07 Å². The van der Waals surface area contributed by atoms with E-state index in [1.807, 2.05) is 0 Å². The Morgan fingerprint density at radius 3 is 2.61 bits per heavy atom. The summed E-state index contributed by atoms with van der Waals surface area (Å²) < 4.78 is 13.0. The zero-order valence-electron chi connectivity index (χ0n) is 9.90. The highest BCUT2D eigenvalue weighted by molar-refractivity contribution is 6.31. The number of benzene rings is 1. The van der Waals surface area contributed by atoms with Gasteiger partial charge in [0.1, 0.15) is 5.82 Å². The minimum atomic E-state index is -0.351. The lowest BCUT2D eigenvalue weighted by Crippen LogP contribution is -2.46. The van der Waals surface area contributed by atoms with Gasteiger partial charge in [-0.15, -0.1) is 12.4 Å². The molecule has 0 spiro atoms. The van der Waals surface area contributed by atoms with Crippen LogP contribution in [-0.2, 0) is 0 Å². The molecule has 2 rings (SSSR count). The van der Waals surface area contributed by atoms with Gasteiger partial charge in [0.05, 0.1) is 12.6 Å². The molecule has 1 saturated heterocycles. The van der Waals surface area contributed by atoms with Crippen LogP contribution in [0, 0.1) is 5.82 Å². The largest absolute Gasteiger partial charge is 0.394 e. The van der Waals surface area contributed by atoms with E-state index in [-0.39, 0.29) is 30.9 Å². The first-order valence-electron chi connectivity index (χ1n) is 5.73. The Morgan fingerprint density at radius 2 is 2.06 bits per heavy atom. The van der Waals surface area contributed by atoms with Crippen molar-refractivity contribution in [2.24, 2.45) is 0 Å². The summed E-state index contributed by atoms with van der Waals surface area (Å²) in [7, 11) is 0. The minimum Gasteiger partial charge on any atom is -0.394 e. The summed E-state index contributed by atoms with van der Waals surface area (Å²) in [6, 6.07) is 4.18. The number of nitrogens with zero attached hydrogens (tertiary/aromatic N) is 1. The summed E-state index contributed by atoms with van der Waals surface area (Å²) in [6.07, 6.45) is 0. The van der Waals surface area contributed by atoms with Crippen LogP contribution in [0.4, 0.5) is 4.39 Å². The van der Waals surface area contributed by atoms with Gasteiger partial charge in [-0.1, -0.05) is 17.7 Å². The van der Waals surface area contributed by atoms with Gasteiger partial charge in [-0.2, -0.15) is 0 Å². The molecule has 3 nitrogen and oxygen atoms in total. The lowest BCUT2D eigenvalue weighted by atomic mass is 10.0. The van der Waals surface area contributed by atoms with E-state index < -0.39 is 0 Å². The summed E-state index contributed by atoms with van der Waals surface area (Å²) in [5.74, 6) is -0.351. The minimum absolute atomic E-state index is 0. The van der Waals surface area contributed by atoms with Crippen molar-refractivity contribution in [1.29, 1.82) is 0 Å². The molecule has 102 valence electrons. The average molecular weight is 295 g/mol. The summed E-state index contributed by atoms with van der Waals surface area (Å²) in [6.45, 7) is 3.51. The lowest BCUT2D eigenvalue weighted by Gasteiger charge is -2.34. The highest BCUT2D eigenvalue weighted by Crippen LogP contribution is 2.28. The maximum atomic E-state index is 13.0. The van der Waals surface area contributed by atoms with Crippen LogP contribution in [0.3, 0.4) is 0 Å². The van der Waals surface area contributed by atoms with Crippen molar-refractivity contribution in [2.75, 3.05) is 32.8 Å². The smallest absolute Gasteiger partial charge is 0.124 e. The molecule has 1 aliphatic rings. The fraction of sp³-hybridized carbons (Fsp3) is 0.500. The molecule has 0 bridgehead atoms. The predicted molar refractivity (Wildman–Crippen MR) is 72.9 cm³/mol. The number of rotatable bonds is 3. The van der Waals surface area contributed by atoms with E-state index in [0.717, 1.165) is 31.7 Å². The second-order valence-corrected chi connectivity index (χ2v) is 4.56. The standard InChI is InChI=1S/C12H16ClFN2O.ClH/c13-11-7-9(14)1-2-10(11)12(8-17)16-5-3-15-4-6-16;/h1-2,7,12,15,17H,3-6,8H2;1H/t12-;/m1./s1. The monoisotopic (exact) mass is 294 g/mol. The normalized spacial score (nSPS) is 18.2. The maximum absolute atomic E-state index is 13.0. The highest BCUT2D eigenvalue weighted by Gasteiger charge is 2.23.